The number of carbonyl (C=O) groups is 1. The van der Waals surface area contributed by atoms with Crippen LogP contribution in [0, 0.1) is 12.7 Å². The van der Waals surface area contributed by atoms with Crippen molar-refractivity contribution in [2.45, 2.75) is 19.9 Å². The summed E-state index contributed by atoms with van der Waals surface area (Å²) in [4.78, 5) is 25.2. The van der Waals surface area contributed by atoms with Gasteiger partial charge < -0.3 is 10.6 Å². The molecule has 0 fully saturated rings. The predicted octanol–water partition coefficient (Wildman–Crippen LogP) is 3.63. The van der Waals surface area contributed by atoms with Gasteiger partial charge in [0.1, 0.15) is 17.2 Å². The molecule has 0 unspecified atom stereocenters. The smallest absolute Gasteiger partial charge is 0.257 e. The molecule has 4 rings (SSSR count). The van der Waals surface area contributed by atoms with Gasteiger partial charge in [-0.2, -0.15) is 5.10 Å². The van der Waals surface area contributed by atoms with Gasteiger partial charge in [-0.3, -0.25) is 9.78 Å². The second kappa shape index (κ2) is 7.86. The minimum absolute atomic E-state index is 0.0969. The molecule has 8 nitrogen and oxygen atoms in total. The largest absolute Gasteiger partial charge is 0.362 e. The van der Waals surface area contributed by atoms with E-state index in [9.17, 15) is 9.18 Å². The molecule has 0 aliphatic rings. The summed E-state index contributed by atoms with van der Waals surface area (Å²) in [5.41, 5.74) is 3.36. The highest BCUT2D eigenvalue weighted by Crippen LogP contribution is 2.22. The van der Waals surface area contributed by atoms with Gasteiger partial charge in [-0.1, -0.05) is 12.1 Å². The zero-order valence-electron chi connectivity index (χ0n) is 16.7. The van der Waals surface area contributed by atoms with Crippen LogP contribution in [0.1, 0.15) is 34.6 Å². The number of aryl methyl sites for hydroxylation is 2. The van der Waals surface area contributed by atoms with Crippen LogP contribution in [0.25, 0.3) is 11.2 Å². The average molecular weight is 405 g/mol. The number of hydrogen-bond acceptors (Lipinski definition) is 6. The molecule has 0 bridgehead atoms. The Hall–Kier alpha value is -3.88. The van der Waals surface area contributed by atoms with Crippen LogP contribution >= 0.6 is 0 Å². The molecule has 1 amide bonds. The van der Waals surface area contributed by atoms with E-state index in [1.165, 1.54) is 12.3 Å². The summed E-state index contributed by atoms with van der Waals surface area (Å²) >= 11 is 0. The fraction of sp³-hybridized carbons (Fsp3) is 0.190. The minimum atomic E-state index is -0.513. The van der Waals surface area contributed by atoms with Crippen molar-refractivity contribution in [2.24, 2.45) is 7.05 Å². The van der Waals surface area contributed by atoms with Crippen molar-refractivity contribution >= 4 is 28.6 Å². The first-order chi connectivity index (χ1) is 14.4. The topological polar surface area (TPSA) is 97.6 Å². The van der Waals surface area contributed by atoms with Gasteiger partial charge in [0.2, 0.25) is 0 Å². The van der Waals surface area contributed by atoms with Gasteiger partial charge in [-0.15, -0.1) is 0 Å². The Morgan fingerprint density at radius 2 is 2.00 bits per heavy atom. The summed E-state index contributed by atoms with van der Waals surface area (Å²) in [6.45, 7) is 3.53. The zero-order chi connectivity index (χ0) is 21.3. The lowest BCUT2D eigenvalue weighted by Gasteiger charge is -2.16. The Labute approximate surface area is 172 Å². The number of nitrogens with one attached hydrogen (secondary N) is 2. The average Bonchev–Trinajstić information content (AvgIpc) is 3.10. The zero-order valence-corrected chi connectivity index (χ0v) is 16.7. The Morgan fingerprint density at radius 1 is 1.17 bits per heavy atom. The van der Waals surface area contributed by atoms with Crippen LogP contribution in [-0.4, -0.2) is 30.6 Å². The van der Waals surface area contributed by atoms with Gasteiger partial charge in [0.05, 0.1) is 29.7 Å². The lowest BCUT2D eigenvalue weighted by molar-refractivity contribution is 0.102. The Kier molecular flexibility index (Phi) is 5.09. The monoisotopic (exact) mass is 405 g/mol. The number of hydrogen-bond donors (Lipinski definition) is 2. The third-order valence-corrected chi connectivity index (χ3v) is 4.74. The number of aromatic nitrogens is 5. The highest BCUT2D eigenvalue weighted by atomic mass is 19.1. The van der Waals surface area contributed by atoms with Crippen LogP contribution in [0.4, 0.5) is 15.9 Å². The lowest BCUT2D eigenvalue weighted by atomic mass is 10.1. The second-order valence-corrected chi connectivity index (χ2v) is 6.97. The lowest BCUT2D eigenvalue weighted by Crippen LogP contribution is -2.14. The van der Waals surface area contributed by atoms with E-state index in [1.54, 1.807) is 30.1 Å². The van der Waals surface area contributed by atoms with Gasteiger partial charge in [0, 0.05) is 18.9 Å². The van der Waals surface area contributed by atoms with Crippen molar-refractivity contribution in [3.05, 3.63) is 71.6 Å². The summed E-state index contributed by atoms with van der Waals surface area (Å²) in [7, 11) is 1.81. The maximum Gasteiger partial charge on any atom is 0.257 e. The first-order valence-corrected chi connectivity index (χ1v) is 9.35. The standard InChI is InChI=1S/C21H20FN7O/c1-12(26-19-11-24-18-10-25-29(3)20(18)28-19)14-5-4-6-16(7-14)27-21(30)15-8-17(22)13(2)23-9-15/h4-12H,1-3H3,(H,26,28)(H,27,30)/t12-/m0/s1. The summed E-state index contributed by atoms with van der Waals surface area (Å²) < 4.78 is 15.4. The molecule has 3 heterocycles. The predicted molar refractivity (Wildman–Crippen MR) is 112 cm³/mol. The van der Waals surface area contributed by atoms with E-state index < -0.39 is 11.7 Å². The molecule has 0 saturated carbocycles. The van der Waals surface area contributed by atoms with E-state index in [1.807, 2.05) is 32.2 Å². The third kappa shape index (κ3) is 3.95. The van der Waals surface area contributed by atoms with Crippen molar-refractivity contribution in [3.63, 3.8) is 0 Å². The number of pyridine rings is 1. The first-order valence-electron chi connectivity index (χ1n) is 9.35. The Balaban J connectivity index is 1.49. The molecule has 30 heavy (non-hydrogen) atoms. The number of fused-ring (bicyclic) bond motifs is 1. The number of amides is 1. The molecule has 0 saturated heterocycles. The molecule has 0 aliphatic heterocycles. The number of anilines is 2. The molecule has 152 valence electrons. The fourth-order valence-corrected chi connectivity index (χ4v) is 3.01. The first kappa shape index (κ1) is 19.4. The molecule has 0 aliphatic carbocycles. The van der Waals surface area contributed by atoms with Gasteiger partial charge in [-0.05, 0) is 37.6 Å². The number of nitrogens with zero attached hydrogens (tertiary/aromatic N) is 5. The van der Waals surface area contributed by atoms with E-state index in [2.05, 4.69) is 30.7 Å². The maximum absolute atomic E-state index is 13.7. The minimum Gasteiger partial charge on any atom is -0.362 e. The van der Waals surface area contributed by atoms with Crippen LogP contribution in [0.2, 0.25) is 0 Å². The summed E-state index contributed by atoms with van der Waals surface area (Å²) in [6, 6.07) is 8.49. The van der Waals surface area contributed by atoms with Gasteiger partial charge in [0.25, 0.3) is 5.91 Å². The van der Waals surface area contributed by atoms with Crippen molar-refractivity contribution in [2.75, 3.05) is 10.6 Å². The fourth-order valence-electron chi connectivity index (χ4n) is 3.01. The molecule has 0 spiro atoms. The molecule has 2 N–H and O–H groups in total. The van der Waals surface area contributed by atoms with Crippen molar-refractivity contribution in [1.29, 1.82) is 0 Å². The molecule has 1 aromatic carbocycles. The summed E-state index contributed by atoms with van der Waals surface area (Å²) in [5.74, 6) is -0.318. The van der Waals surface area contributed by atoms with Gasteiger partial charge in [0.15, 0.2) is 5.65 Å². The van der Waals surface area contributed by atoms with E-state index in [0.29, 0.717) is 17.2 Å². The second-order valence-electron chi connectivity index (χ2n) is 6.97. The molecular formula is C21H20FN7O. The van der Waals surface area contributed by atoms with Crippen LogP contribution in [-0.2, 0) is 7.05 Å². The van der Waals surface area contributed by atoms with Crippen LogP contribution < -0.4 is 10.6 Å². The Morgan fingerprint density at radius 3 is 2.80 bits per heavy atom. The molecule has 1 atom stereocenters. The molecule has 3 aromatic heterocycles. The quantitative estimate of drug-likeness (QED) is 0.526. The number of carbonyl (C=O) groups excluding carboxylic acids is 1. The molecule has 4 aromatic rings. The number of benzene rings is 1. The van der Waals surface area contributed by atoms with Crippen molar-refractivity contribution in [3.8, 4) is 0 Å². The van der Waals surface area contributed by atoms with E-state index >= 15 is 0 Å². The highest BCUT2D eigenvalue weighted by Gasteiger charge is 2.12. The van der Waals surface area contributed by atoms with Crippen molar-refractivity contribution < 1.29 is 9.18 Å². The molecule has 0 radical (unpaired) electrons. The third-order valence-electron chi connectivity index (χ3n) is 4.74. The Bertz CT molecular complexity index is 1240. The van der Waals surface area contributed by atoms with Gasteiger partial charge in [-0.25, -0.2) is 19.0 Å². The SMILES string of the molecule is Cc1ncc(C(=O)Nc2cccc([C@H](C)Nc3cnc4cnn(C)c4n3)c2)cc1F. The van der Waals surface area contributed by atoms with E-state index in [0.717, 1.165) is 11.1 Å². The number of rotatable bonds is 5. The number of halogens is 1. The van der Waals surface area contributed by atoms with E-state index in [-0.39, 0.29) is 17.3 Å². The summed E-state index contributed by atoms with van der Waals surface area (Å²) in [6.07, 6.45) is 4.68. The van der Waals surface area contributed by atoms with Crippen LogP contribution in [0.5, 0.6) is 0 Å². The summed E-state index contributed by atoms with van der Waals surface area (Å²) in [5, 5.41) is 10.2. The molecular weight excluding hydrogens is 385 g/mol. The van der Waals surface area contributed by atoms with Crippen LogP contribution in [0.3, 0.4) is 0 Å². The van der Waals surface area contributed by atoms with Crippen LogP contribution in [0.15, 0.2) is 48.9 Å². The van der Waals surface area contributed by atoms with E-state index in [4.69, 9.17) is 0 Å². The molecule has 9 heteroatoms. The van der Waals surface area contributed by atoms with Gasteiger partial charge >= 0.3 is 0 Å². The maximum atomic E-state index is 13.7. The normalized spacial score (nSPS) is 12.0. The highest BCUT2D eigenvalue weighted by molar-refractivity contribution is 6.04. The van der Waals surface area contributed by atoms with Crippen molar-refractivity contribution in [1.82, 2.24) is 24.7 Å².